The van der Waals surface area contributed by atoms with Crippen LogP contribution in [0.1, 0.15) is 12.0 Å². The smallest absolute Gasteiger partial charge is 0.227 e. The Balaban J connectivity index is 1.63. The standard InChI is InChI=1S/C18H16ClFN2O2/c19-14-5-3-6-15(9-14)22-11-13(8-17(22)23)18(24)21-10-12-4-1-2-7-16(12)20/h1-7,9,13H,8,10-11H2,(H,21,24)/t13-/m1/s1. The van der Waals surface area contributed by atoms with Gasteiger partial charge in [0.2, 0.25) is 11.8 Å². The molecule has 0 aromatic heterocycles. The normalized spacial score (nSPS) is 17.2. The van der Waals surface area contributed by atoms with Crippen LogP contribution in [0.2, 0.25) is 5.02 Å². The van der Waals surface area contributed by atoms with Crippen LogP contribution in [-0.4, -0.2) is 18.4 Å². The van der Waals surface area contributed by atoms with Crippen molar-refractivity contribution in [2.75, 3.05) is 11.4 Å². The minimum Gasteiger partial charge on any atom is -0.352 e. The number of carbonyl (C=O) groups is 2. The van der Waals surface area contributed by atoms with E-state index in [4.69, 9.17) is 11.6 Å². The summed E-state index contributed by atoms with van der Waals surface area (Å²) < 4.78 is 13.6. The van der Waals surface area contributed by atoms with Crippen LogP contribution in [0, 0.1) is 11.7 Å². The number of hydrogen-bond acceptors (Lipinski definition) is 2. The first-order chi connectivity index (χ1) is 11.5. The van der Waals surface area contributed by atoms with E-state index >= 15 is 0 Å². The van der Waals surface area contributed by atoms with Crippen molar-refractivity contribution in [1.29, 1.82) is 0 Å². The summed E-state index contributed by atoms with van der Waals surface area (Å²) in [5, 5.41) is 3.24. The zero-order valence-electron chi connectivity index (χ0n) is 12.8. The molecule has 1 N–H and O–H groups in total. The maximum absolute atomic E-state index is 13.6. The summed E-state index contributed by atoms with van der Waals surface area (Å²) in [6, 6.07) is 13.2. The van der Waals surface area contributed by atoms with E-state index in [9.17, 15) is 14.0 Å². The van der Waals surface area contributed by atoms with Crippen molar-refractivity contribution in [2.24, 2.45) is 5.92 Å². The molecule has 1 heterocycles. The summed E-state index contributed by atoms with van der Waals surface area (Å²) in [7, 11) is 0. The Morgan fingerprint density at radius 1 is 1.25 bits per heavy atom. The molecular formula is C18H16ClFN2O2. The predicted octanol–water partition coefficient (Wildman–Crippen LogP) is 3.15. The van der Waals surface area contributed by atoms with Gasteiger partial charge in [0, 0.05) is 35.8 Å². The third-order valence-corrected chi connectivity index (χ3v) is 4.26. The van der Waals surface area contributed by atoms with Crippen molar-refractivity contribution in [2.45, 2.75) is 13.0 Å². The molecule has 1 atom stereocenters. The zero-order chi connectivity index (χ0) is 17.1. The zero-order valence-corrected chi connectivity index (χ0v) is 13.6. The number of rotatable bonds is 4. The first kappa shape index (κ1) is 16.5. The van der Waals surface area contributed by atoms with E-state index in [2.05, 4.69) is 5.32 Å². The van der Waals surface area contributed by atoms with Gasteiger partial charge in [-0.1, -0.05) is 35.9 Å². The van der Waals surface area contributed by atoms with E-state index < -0.39 is 5.92 Å². The molecule has 2 amide bonds. The van der Waals surface area contributed by atoms with Crippen molar-refractivity contribution in [3.8, 4) is 0 Å². The second-order valence-corrected chi connectivity index (χ2v) is 6.13. The molecule has 6 heteroatoms. The summed E-state index contributed by atoms with van der Waals surface area (Å²) >= 11 is 5.95. The van der Waals surface area contributed by atoms with Gasteiger partial charge in [0.05, 0.1) is 5.92 Å². The number of anilines is 1. The Labute approximate surface area is 144 Å². The monoisotopic (exact) mass is 346 g/mol. The Morgan fingerprint density at radius 3 is 2.79 bits per heavy atom. The van der Waals surface area contributed by atoms with E-state index in [1.54, 1.807) is 47.4 Å². The summed E-state index contributed by atoms with van der Waals surface area (Å²) in [5.41, 5.74) is 1.10. The first-order valence-corrected chi connectivity index (χ1v) is 7.99. The quantitative estimate of drug-likeness (QED) is 0.924. The summed E-state index contributed by atoms with van der Waals surface area (Å²) in [5.74, 6) is -1.19. The number of nitrogens with zero attached hydrogens (tertiary/aromatic N) is 1. The Hall–Kier alpha value is -2.40. The molecule has 1 fully saturated rings. The lowest BCUT2D eigenvalue weighted by Gasteiger charge is -2.17. The maximum Gasteiger partial charge on any atom is 0.227 e. The van der Waals surface area contributed by atoms with Crippen molar-refractivity contribution in [3.63, 3.8) is 0 Å². The predicted molar refractivity (Wildman–Crippen MR) is 90.2 cm³/mol. The molecule has 1 aliphatic rings. The third-order valence-electron chi connectivity index (χ3n) is 4.03. The van der Waals surface area contributed by atoms with Gasteiger partial charge in [-0.3, -0.25) is 9.59 Å². The van der Waals surface area contributed by atoms with E-state index in [1.165, 1.54) is 6.07 Å². The molecule has 2 aromatic rings. The molecule has 4 nitrogen and oxygen atoms in total. The first-order valence-electron chi connectivity index (χ1n) is 7.61. The molecule has 3 rings (SSSR count). The van der Waals surface area contributed by atoms with Crippen molar-refractivity contribution >= 4 is 29.1 Å². The highest BCUT2D eigenvalue weighted by atomic mass is 35.5. The summed E-state index contributed by atoms with van der Waals surface area (Å²) in [4.78, 5) is 26.0. The van der Waals surface area contributed by atoms with Gasteiger partial charge in [-0.2, -0.15) is 0 Å². The van der Waals surface area contributed by atoms with Crippen LogP contribution in [0.3, 0.4) is 0 Å². The molecule has 0 saturated carbocycles. The molecule has 24 heavy (non-hydrogen) atoms. The molecule has 0 spiro atoms. The van der Waals surface area contributed by atoms with Crippen LogP contribution >= 0.6 is 11.6 Å². The van der Waals surface area contributed by atoms with Crippen LogP contribution in [-0.2, 0) is 16.1 Å². The molecular weight excluding hydrogens is 331 g/mol. The van der Waals surface area contributed by atoms with Crippen molar-refractivity contribution < 1.29 is 14.0 Å². The summed E-state index contributed by atoms with van der Waals surface area (Å²) in [6.45, 7) is 0.398. The SMILES string of the molecule is O=C(NCc1ccccc1F)[C@@H]1CC(=O)N(c2cccc(Cl)c2)C1. The molecule has 1 saturated heterocycles. The lowest BCUT2D eigenvalue weighted by molar-refractivity contribution is -0.126. The van der Waals surface area contributed by atoms with Gasteiger partial charge in [-0.05, 0) is 24.3 Å². The minimum atomic E-state index is -0.455. The molecule has 1 aliphatic heterocycles. The van der Waals surface area contributed by atoms with Crippen molar-refractivity contribution in [1.82, 2.24) is 5.32 Å². The fourth-order valence-electron chi connectivity index (χ4n) is 2.75. The lowest BCUT2D eigenvalue weighted by Crippen LogP contribution is -2.32. The number of halogens is 2. The molecule has 0 radical (unpaired) electrons. The Kier molecular flexibility index (Phi) is 4.81. The van der Waals surface area contributed by atoms with Gasteiger partial charge in [0.1, 0.15) is 5.82 Å². The molecule has 0 aliphatic carbocycles. The fraction of sp³-hybridized carbons (Fsp3) is 0.222. The van der Waals surface area contributed by atoms with Crippen LogP contribution in [0.15, 0.2) is 48.5 Å². The average molecular weight is 347 g/mol. The highest BCUT2D eigenvalue weighted by Gasteiger charge is 2.35. The number of hydrogen-bond donors (Lipinski definition) is 1. The number of nitrogens with one attached hydrogen (secondary N) is 1. The highest BCUT2D eigenvalue weighted by Crippen LogP contribution is 2.27. The Morgan fingerprint density at radius 2 is 2.04 bits per heavy atom. The van der Waals surface area contributed by atoms with Gasteiger partial charge in [-0.15, -0.1) is 0 Å². The Bertz CT molecular complexity index is 781. The second-order valence-electron chi connectivity index (χ2n) is 5.69. The van der Waals surface area contributed by atoms with Gasteiger partial charge in [0.15, 0.2) is 0 Å². The fourth-order valence-corrected chi connectivity index (χ4v) is 2.93. The third kappa shape index (κ3) is 3.57. The van der Waals surface area contributed by atoms with E-state index in [0.717, 1.165) is 0 Å². The van der Waals surface area contributed by atoms with Crippen LogP contribution in [0.25, 0.3) is 0 Å². The van der Waals surface area contributed by atoms with Crippen LogP contribution < -0.4 is 10.2 Å². The topological polar surface area (TPSA) is 49.4 Å². The van der Waals surface area contributed by atoms with Gasteiger partial charge < -0.3 is 10.2 Å². The average Bonchev–Trinajstić information content (AvgIpc) is 2.96. The number of carbonyl (C=O) groups excluding carboxylic acids is 2. The maximum atomic E-state index is 13.6. The van der Waals surface area contributed by atoms with Gasteiger partial charge >= 0.3 is 0 Å². The summed E-state index contributed by atoms with van der Waals surface area (Å²) in [6.07, 6.45) is 0.135. The molecule has 124 valence electrons. The minimum absolute atomic E-state index is 0.105. The number of amides is 2. The molecule has 0 bridgehead atoms. The largest absolute Gasteiger partial charge is 0.352 e. The molecule has 2 aromatic carbocycles. The second kappa shape index (κ2) is 7.01. The van der Waals surface area contributed by atoms with Crippen molar-refractivity contribution in [3.05, 3.63) is 64.9 Å². The number of benzene rings is 2. The lowest BCUT2D eigenvalue weighted by atomic mass is 10.1. The highest BCUT2D eigenvalue weighted by molar-refractivity contribution is 6.30. The van der Waals surface area contributed by atoms with Gasteiger partial charge in [0.25, 0.3) is 0 Å². The van der Waals surface area contributed by atoms with E-state index in [-0.39, 0.29) is 30.6 Å². The van der Waals surface area contributed by atoms with E-state index in [0.29, 0.717) is 22.8 Å². The van der Waals surface area contributed by atoms with Crippen LogP contribution in [0.5, 0.6) is 0 Å². The van der Waals surface area contributed by atoms with Gasteiger partial charge in [-0.25, -0.2) is 4.39 Å². The van der Waals surface area contributed by atoms with E-state index in [1.807, 2.05) is 0 Å². The molecule has 0 unspecified atom stereocenters. The van der Waals surface area contributed by atoms with Crippen LogP contribution in [0.4, 0.5) is 10.1 Å².